The van der Waals surface area contributed by atoms with Crippen molar-refractivity contribution in [2.24, 2.45) is 0 Å². The van der Waals surface area contributed by atoms with Gasteiger partial charge in [0.2, 0.25) is 0 Å². The normalized spacial score (nSPS) is 14.2. The SMILES string of the molecule is COCCNCCC(C)(O)c1ccc(Cl)c(OC)c1. The topological polar surface area (TPSA) is 50.7 Å². The van der Waals surface area contributed by atoms with Crippen LogP contribution in [-0.2, 0) is 10.3 Å². The Bertz CT molecular complexity index is 396. The van der Waals surface area contributed by atoms with Gasteiger partial charge in [0, 0.05) is 13.7 Å². The molecule has 5 heteroatoms. The van der Waals surface area contributed by atoms with Gasteiger partial charge < -0.3 is 19.9 Å². The lowest BCUT2D eigenvalue weighted by Gasteiger charge is -2.24. The van der Waals surface area contributed by atoms with E-state index in [0.717, 1.165) is 12.1 Å². The minimum atomic E-state index is -0.919. The lowest BCUT2D eigenvalue weighted by atomic mass is 9.92. The van der Waals surface area contributed by atoms with Crippen LogP contribution in [0.2, 0.25) is 5.02 Å². The maximum Gasteiger partial charge on any atom is 0.137 e. The van der Waals surface area contributed by atoms with E-state index < -0.39 is 5.60 Å². The highest BCUT2D eigenvalue weighted by Crippen LogP contribution is 2.31. The molecule has 1 rings (SSSR count). The van der Waals surface area contributed by atoms with Gasteiger partial charge in [-0.15, -0.1) is 0 Å². The zero-order valence-electron chi connectivity index (χ0n) is 11.7. The molecule has 4 nitrogen and oxygen atoms in total. The summed E-state index contributed by atoms with van der Waals surface area (Å²) in [6, 6.07) is 5.33. The van der Waals surface area contributed by atoms with Crippen molar-refractivity contribution in [2.75, 3.05) is 33.9 Å². The van der Waals surface area contributed by atoms with Crippen LogP contribution in [0.3, 0.4) is 0 Å². The van der Waals surface area contributed by atoms with Gasteiger partial charge in [-0.3, -0.25) is 0 Å². The largest absolute Gasteiger partial charge is 0.495 e. The first-order valence-corrected chi connectivity index (χ1v) is 6.65. The Morgan fingerprint density at radius 3 is 2.68 bits per heavy atom. The molecule has 1 atom stereocenters. The van der Waals surface area contributed by atoms with Crippen LogP contribution >= 0.6 is 11.6 Å². The van der Waals surface area contributed by atoms with Crippen molar-refractivity contribution in [1.29, 1.82) is 0 Å². The van der Waals surface area contributed by atoms with Crippen LogP contribution in [0.4, 0.5) is 0 Å². The van der Waals surface area contributed by atoms with Crippen LogP contribution in [0.1, 0.15) is 18.9 Å². The Morgan fingerprint density at radius 2 is 2.05 bits per heavy atom. The maximum atomic E-state index is 10.5. The van der Waals surface area contributed by atoms with Crippen molar-refractivity contribution in [1.82, 2.24) is 5.32 Å². The minimum absolute atomic E-state index is 0.542. The third-order valence-corrected chi connectivity index (χ3v) is 3.36. The summed E-state index contributed by atoms with van der Waals surface area (Å²) in [7, 11) is 3.23. The van der Waals surface area contributed by atoms with Gasteiger partial charge in [-0.25, -0.2) is 0 Å². The molecule has 0 spiro atoms. The molecule has 0 radical (unpaired) electrons. The summed E-state index contributed by atoms with van der Waals surface area (Å²) < 4.78 is 10.1. The van der Waals surface area contributed by atoms with Gasteiger partial charge in [0.25, 0.3) is 0 Å². The van der Waals surface area contributed by atoms with Crippen LogP contribution in [0.15, 0.2) is 18.2 Å². The summed E-state index contributed by atoms with van der Waals surface area (Å²) in [4.78, 5) is 0. The predicted octanol–water partition coefficient (Wildman–Crippen LogP) is 2.18. The monoisotopic (exact) mass is 287 g/mol. The van der Waals surface area contributed by atoms with Gasteiger partial charge in [0.1, 0.15) is 5.75 Å². The van der Waals surface area contributed by atoms with E-state index in [9.17, 15) is 5.11 Å². The lowest BCUT2D eigenvalue weighted by Crippen LogP contribution is -2.29. The van der Waals surface area contributed by atoms with Crippen LogP contribution in [0.25, 0.3) is 0 Å². The van der Waals surface area contributed by atoms with Gasteiger partial charge in [0.15, 0.2) is 0 Å². The van der Waals surface area contributed by atoms with E-state index in [1.807, 2.05) is 6.07 Å². The molecule has 0 saturated heterocycles. The number of nitrogens with one attached hydrogen (secondary N) is 1. The molecule has 0 aliphatic rings. The fraction of sp³-hybridized carbons (Fsp3) is 0.571. The number of halogens is 1. The quantitative estimate of drug-likeness (QED) is 0.720. The average molecular weight is 288 g/mol. The number of aliphatic hydroxyl groups is 1. The van der Waals surface area contributed by atoms with E-state index in [1.165, 1.54) is 0 Å². The molecule has 0 aliphatic carbocycles. The van der Waals surface area contributed by atoms with E-state index in [2.05, 4.69) is 5.32 Å². The average Bonchev–Trinajstić information content (AvgIpc) is 2.38. The van der Waals surface area contributed by atoms with Crippen molar-refractivity contribution < 1.29 is 14.6 Å². The van der Waals surface area contributed by atoms with Crippen molar-refractivity contribution >= 4 is 11.6 Å². The standard InChI is InChI=1S/C14H22ClNO3/c1-14(17,6-7-16-8-9-18-2)11-4-5-12(15)13(10-11)19-3/h4-5,10,16-17H,6-9H2,1-3H3. The zero-order chi connectivity index (χ0) is 14.3. The second-order valence-electron chi connectivity index (χ2n) is 4.62. The summed E-state index contributed by atoms with van der Waals surface area (Å²) in [5.74, 6) is 0.576. The van der Waals surface area contributed by atoms with E-state index >= 15 is 0 Å². The number of methoxy groups -OCH3 is 2. The molecular weight excluding hydrogens is 266 g/mol. The fourth-order valence-electron chi connectivity index (χ4n) is 1.77. The molecule has 0 aliphatic heterocycles. The van der Waals surface area contributed by atoms with Crippen molar-refractivity contribution in [3.63, 3.8) is 0 Å². The Morgan fingerprint density at radius 1 is 1.32 bits per heavy atom. The summed E-state index contributed by atoms with van der Waals surface area (Å²) in [5.41, 5.74) is -0.125. The Labute approximate surface area is 119 Å². The van der Waals surface area contributed by atoms with Gasteiger partial charge in [-0.05, 0) is 37.6 Å². The first-order chi connectivity index (χ1) is 9.01. The molecule has 0 bridgehead atoms. The second kappa shape index (κ2) is 7.70. The van der Waals surface area contributed by atoms with E-state index in [-0.39, 0.29) is 0 Å². The van der Waals surface area contributed by atoms with Crippen molar-refractivity contribution in [3.05, 3.63) is 28.8 Å². The third-order valence-electron chi connectivity index (χ3n) is 3.04. The van der Waals surface area contributed by atoms with Crippen LogP contribution in [0, 0.1) is 0 Å². The summed E-state index contributed by atoms with van der Waals surface area (Å²) in [6.45, 7) is 3.93. The molecule has 1 unspecified atom stereocenters. The first kappa shape index (κ1) is 16.2. The highest BCUT2D eigenvalue weighted by Gasteiger charge is 2.23. The van der Waals surface area contributed by atoms with E-state index in [0.29, 0.717) is 30.3 Å². The van der Waals surface area contributed by atoms with Crippen LogP contribution in [0.5, 0.6) is 5.75 Å². The number of ether oxygens (including phenoxy) is 2. The highest BCUT2D eigenvalue weighted by atomic mass is 35.5. The molecule has 19 heavy (non-hydrogen) atoms. The maximum absolute atomic E-state index is 10.5. The lowest BCUT2D eigenvalue weighted by molar-refractivity contribution is 0.0473. The molecule has 0 saturated carbocycles. The molecule has 108 valence electrons. The minimum Gasteiger partial charge on any atom is -0.495 e. The Hall–Kier alpha value is -0.810. The molecule has 1 aromatic rings. The predicted molar refractivity (Wildman–Crippen MR) is 76.9 cm³/mol. The van der Waals surface area contributed by atoms with E-state index in [1.54, 1.807) is 33.3 Å². The van der Waals surface area contributed by atoms with Crippen molar-refractivity contribution in [2.45, 2.75) is 18.9 Å². The highest BCUT2D eigenvalue weighted by molar-refractivity contribution is 6.32. The first-order valence-electron chi connectivity index (χ1n) is 6.27. The molecule has 2 N–H and O–H groups in total. The molecule has 0 fully saturated rings. The zero-order valence-corrected chi connectivity index (χ0v) is 12.5. The fourth-order valence-corrected chi connectivity index (χ4v) is 1.96. The van der Waals surface area contributed by atoms with Gasteiger partial charge in [-0.2, -0.15) is 0 Å². The van der Waals surface area contributed by atoms with Gasteiger partial charge >= 0.3 is 0 Å². The number of benzene rings is 1. The number of hydrogen-bond donors (Lipinski definition) is 2. The smallest absolute Gasteiger partial charge is 0.137 e. The molecule has 0 amide bonds. The van der Waals surface area contributed by atoms with E-state index in [4.69, 9.17) is 21.1 Å². The number of hydrogen-bond acceptors (Lipinski definition) is 4. The molecule has 1 aromatic carbocycles. The van der Waals surface area contributed by atoms with Gasteiger partial charge in [0.05, 0.1) is 24.3 Å². The summed E-state index contributed by atoms with van der Waals surface area (Å²) in [6.07, 6.45) is 0.599. The summed E-state index contributed by atoms with van der Waals surface area (Å²) in [5, 5.41) is 14.2. The van der Waals surface area contributed by atoms with Crippen LogP contribution in [-0.4, -0.2) is 39.0 Å². The Balaban J connectivity index is 2.60. The van der Waals surface area contributed by atoms with Crippen LogP contribution < -0.4 is 10.1 Å². The van der Waals surface area contributed by atoms with Gasteiger partial charge in [-0.1, -0.05) is 17.7 Å². The molecule has 0 aromatic heterocycles. The van der Waals surface area contributed by atoms with Crippen molar-refractivity contribution in [3.8, 4) is 5.75 Å². The molecule has 0 heterocycles. The molecular formula is C14H22ClNO3. The summed E-state index contributed by atoms with van der Waals surface area (Å²) >= 11 is 5.98. The second-order valence-corrected chi connectivity index (χ2v) is 5.02. The third kappa shape index (κ3) is 4.99. The number of rotatable bonds is 8. The Kier molecular flexibility index (Phi) is 6.58.